The summed E-state index contributed by atoms with van der Waals surface area (Å²) < 4.78 is 5.71. The average Bonchev–Trinajstić information content (AvgIpc) is 3.58. The fourth-order valence-corrected chi connectivity index (χ4v) is 19.5. The van der Waals surface area contributed by atoms with E-state index in [4.69, 9.17) is 4.74 Å². The Morgan fingerprint density at radius 1 is 0.617 bits per heavy atom. The van der Waals surface area contributed by atoms with Crippen LogP contribution in [0.25, 0.3) is 0 Å². The zero-order chi connectivity index (χ0) is 33.2. The fourth-order valence-electron chi connectivity index (χ4n) is 6.68. The van der Waals surface area contributed by atoms with Crippen LogP contribution >= 0.6 is 62.8 Å². The van der Waals surface area contributed by atoms with E-state index in [0.29, 0.717) is 6.42 Å². The van der Waals surface area contributed by atoms with Crippen molar-refractivity contribution in [3.8, 4) is 5.75 Å². The minimum Gasteiger partial charge on any atom is -0.427 e. The number of hydrogen-bond donors (Lipinski definition) is 0. The number of aryl methyl sites for hydroxylation is 1. The summed E-state index contributed by atoms with van der Waals surface area (Å²) in [6, 6.07) is 8.25. The molecule has 4 unspecified atom stereocenters. The minimum absolute atomic E-state index is 0.0726. The fraction of sp³-hybridized carbons (Fsp3) is 0.821. The van der Waals surface area contributed by atoms with Crippen molar-refractivity contribution in [1.82, 2.24) is 0 Å². The number of esters is 1. The van der Waals surface area contributed by atoms with Crippen molar-refractivity contribution in [1.29, 1.82) is 0 Å². The number of unbranched alkanes of at least 4 members (excludes halogenated alkanes) is 18. The highest BCUT2D eigenvalue weighted by Gasteiger charge is 2.38. The van der Waals surface area contributed by atoms with E-state index in [0.717, 1.165) is 46.0 Å². The Morgan fingerprint density at radius 2 is 1.15 bits per heavy atom. The van der Waals surface area contributed by atoms with Crippen LogP contribution in [-0.2, 0) is 11.2 Å². The molecule has 0 amide bonds. The van der Waals surface area contributed by atoms with Crippen LogP contribution in [0, 0.1) is 0 Å². The predicted molar refractivity (Wildman–Crippen MR) is 223 cm³/mol. The molecule has 47 heavy (non-hydrogen) atoms. The third-order valence-corrected chi connectivity index (χ3v) is 20.8. The third-order valence-electron chi connectivity index (χ3n) is 9.59. The molecule has 0 N–H and O–H groups in total. The van der Waals surface area contributed by atoms with Crippen LogP contribution in [0.15, 0.2) is 24.3 Å². The zero-order valence-electron chi connectivity index (χ0n) is 29.8. The highest BCUT2D eigenvalue weighted by Crippen LogP contribution is 2.59. The van der Waals surface area contributed by atoms with Crippen molar-refractivity contribution in [2.45, 2.75) is 202 Å². The standard InChI is InChI=1S/C39H66O2S6/c1-3-5-6-7-8-9-10-11-12-13-14-15-16-20-23-30-39(40)41-34-28-24-27-33(31-34)26-21-18-17-19-22-29-36-38-32-37(42-43-38)35(25-4-2)44-46-47-45-36/h24,27-28,31,35-38H,3-23,25-26,29-30,32H2,1-2H3. The number of carbonyl (C=O) groups is 1. The summed E-state index contributed by atoms with van der Waals surface area (Å²) in [7, 11) is 12.8. The van der Waals surface area contributed by atoms with E-state index < -0.39 is 0 Å². The summed E-state index contributed by atoms with van der Waals surface area (Å²) in [6.45, 7) is 4.63. The zero-order valence-corrected chi connectivity index (χ0v) is 34.7. The van der Waals surface area contributed by atoms with Crippen LogP contribution in [0.5, 0.6) is 5.75 Å². The molecule has 0 aliphatic carbocycles. The molecule has 0 spiro atoms. The number of ether oxygens (including phenoxy) is 1. The summed E-state index contributed by atoms with van der Waals surface area (Å²) in [5.74, 6) is 0.651. The van der Waals surface area contributed by atoms with Gasteiger partial charge in [0.05, 0.1) is 0 Å². The second-order valence-corrected chi connectivity index (χ2v) is 22.9. The molecule has 8 heteroatoms. The molecular formula is C39H66O2S6. The van der Waals surface area contributed by atoms with Crippen molar-refractivity contribution in [3.05, 3.63) is 29.8 Å². The van der Waals surface area contributed by atoms with Gasteiger partial charge in [0.25, 0.3) is 0 Å². The van der Waals surface area contributed by atoms with Gasteiger partial charge < -0.3 is 4.74 Å². The van der Waals surface area contributed by atoms with Gasteiger partial charge in [0, 0.05) is 27.4 Å². The molecule has 2 nitrogen and oxygen atoms in total. The Morgan fingerprint density at radius 3 is 1.74 bits per heavy atom. The molecule has 0 radical (unpaired) electrons. The number of fused-ring (bicyclic) bond motifs is 2. The third kappa shape index (κ3) is 19.8. The first kappa shape index (κ1) is 42.2. The van der Waals surface area contributed by atoms with Gasteiger partial charge in [-0.15, -0.1) is 0 Å². The van der Waals surface area contributed by atoms with Crippen molar-refractivity contribution >= 4 is 68.8 Å². The molecular weight excluding hydrogens is 693 g/mol. The van der Waals surface area contributed by atoms with Crippen molar-refractivity contribution in [2.24, 2.45) is 0 Å². The molecule has 270 valence electrons. The molecule has 1 aromatic carbocycles. The van der Waals surface area contributed by atoms with E-state index in [-0.39, 0.29) is 5.97 Å². The van der Waals surface area contributed by atoms with Gasteiger partial charge in [0.15, 0.2) is 0 Å². The Kier molecular flexibility index (Phi) is 25.5. The maximum atomic E-state index is 12.4. The molecule has 2 bridgehead atoms. The molecule has 1 aromatic rings. The van der Waals surface area contributed by atoms with E-state index in [1.807, 2.05) is 31.8 Å². The first-order valence-corrected chi connectivity index (χ1v) is 26.7. The summed E-state index contributed by atoms with van der Waals surface area (Å²) in [4.78, 5) is 12.4. The molecule has 2 fully saturated rings. The van der Waals surface area contributed by atoms with Gasteiger partial charge in [0.2, 0.25) is 0 Å². The normalized spacial score (nSPS) is 21.3. The molecule has 2 aliphatic heterocycles. The first-order chi connectivity index (χ1) is 23.2. The van der Waals surface area contributed by atoms with E-state index in [9.17, 15) is 4.79 Å². The highest BCUT2D eigenvalue weighted by molar-refractivity contribution is 9.26. The van der Waals surface area contributed by atoms with Gasteiger partial charge in [-0.05, 0) is 75.9 Å². The van der Waals surface area contributed by atoms with Crippen LogP contribution in [0.3, 0.4) is 0 Å². The number of benzene rings is 1. The Hall–Kier alpha value is 0.790. The van der Waals surface area contributed by atoms with Crippen LogP contribution in [0.1, 0.15) is 180 Å². The molecule has 2 saturated heterocycles. The van der Waals surface area contributed by atoms with Crippen LogP contribution in [-0.4, -0.2) is 27.0 Å². The van der Waals surface area contributed by atoms with Gasteiger partial charge in [-0.1, -0.05) is 191 Å². The van der Waals surface area contributed by atoms with E-state index in [1.54, 1.807) is 0 Å². The van der Waals surface area contributed by atoms with Crippen molar-refractivity contribution < 1.29 is 9.53 Å². The monoisotopic (exact) mass is 758 g/mol. The van der Waals surface area contributed by atoms with Crippen LogP contribution in [0.4, 0.5) is 0 Å². The lowest BCUT2D eigenvalue weighted by Gasteiger charge is -2.20. The average molecular weight is 759 g/mol. The molecule has 2 aliphatic rings. The SMILES string of the molecule is CCCCCCCCCCCCCCCCCC(=O)Oc1cccc(CCCCCCCC2SSSSC(CCC)C3CC2SS3)c1. The second kappa shape index (κ2) is 28.4. The van der Waals surface area contributed by atoms with E-state index in [1.165, 1.54) is 147 Å². The van der Waals surface area contributed by atoms with E-state index >= 15 is 0 Å². The smallest absolute Gasteiger partial charge is 0.311 e. The predicted octanol–water partition coefficient (Wildman–Crippen LogP) is 15.5. The molecule has 0 aromatic heterocycles. The molecule has 2 heterocycles. The summed E-state index contributed by atoms with van der Waals surface area (Å²) in [6.07, 6.45) is 33.7. The lowest BCUT2D eigenvalue weighted by molar-refractivity contribution is -0.134. The van der Waals surface area contributed by atoms with Gasteiger partial charge in [-0.2, -0.15) is 0 Å². The maximum Gasteiger partial charge on any atom is 0.311 e. The first-order valence-electron chi connectivity index (χ1n) is 19.5. The second-order valence-electron chi connectivity index (χ2n) is 13.8. The van der Waals surface area contributed by atoms with Crippen molar-refractivity contribution in [2.75, 3.05) is 0 Å². The lowest BCUT2D eigenvalue weighted by atomic mass is 10.0. The molecule has 3 rings (SSSR count). The van der Waals surface area contributed by atoms with Crippen LogP contribution < -0.4 is 4.74 Å². The van der Waals surface area contributed by atoms with Crippen molar-refractivity contribution in [3.63, 3.8) is 0 Å². The number of hydrogen-bond acceptors (Lipinski definition) is 8. The summed E-state index contributed by atoms with van der Waals surface area (Å²) >= 11 is 0. The minimum atomic E-state index is -0.0726. The largest absolute Gasteiger partial charge is 0.427 e. The van der Waals surface area contributed by atoms with Crippen LogP contribution in [0.2, 0.25) is 0 Å². The van der Waals surface area contributed by atoms with Gasteiger partial charge in [-0.25, -0.2) is 0 Å². The Labute approximate surface area is 313 Å². The maximum absolute atomic E-state index is 12.4. The lowest BCUT2D eigenvalue weighted by Crippen LogP contribution is -2.22. The molecule has 4 atom stereocenters. The highest BCUT2D eigenvalue weighted by atomic mass is 33.7. The summed E-state index contributed by atoms with van der Waals surface area (Å²) in [5, 5.41) is 3.33. The summed E-state index contributed by atoms with van der Waals surface area (Å²) in [5.41, 5.74) is 1.29. The van der Waals surface area contributed by atoms with E-state index in [2.05, 4.69) is 69.2 Å². The quantitative estimate of drug-likeness (QED) is 0.0379. The van der Waals surface area contributed by atoms with Gasteiger partial charge in [-0.3, -0.25) is 4.79 Å². The molecule has 0 saturated carbocycles. The van der Waals surface area contributed by atoms with Gasteiger partial charge in [0.1, 0.15) is 5.75 Å². The van der Waals surface area contributed by atoms with Gasteiger partial charge >= 0.3 is 5.97 Å². The topological polar surface area (TPSA) is 26.3 Å². The number of rotatable bonds is 27. The Balaban J connectivity index is 1.14. The number of carbonyl (C=O) groups excluding carboxylic acids is 1. The Bertz CT molecular complexity index is 917.